The fourth-order valence-corrected chi connectivity index (χ4v) is 2.45. The molecule has 1 saturated heterocycles. The van der Waals surface area contributed by atoms with Crippen molar-refractivity contribution in [1.29, 1.82) is 0 Å². The molecule has 0 aliphatic carbocycles. The van der Waals surface area contributed by atoms with Gasteiger partial charge in [-0.2, -0.15) is 4.98 Å². The van der Waals surface area contributed by atoms with Crippen molar-refractivity contribution < 1.29 is 9.21 Å². The van der Waals surface area contributed by atoms with Gasteiger partial charge in [-0.1, -0.05) is 0 Å². The summed E-state index contributed by atoms with van der Waals surface area (Å²) in [6, 6.07) is 1.77. The Hall–Kier alpha value is -1.62. The molecular weight excluding hydrogens is 254 g/mol. The fourth-order valence-electron chi connectivity index (χ4n) is 2.28. The monoisotopic (exact) mass is 265 g/mol. The zero-order valence-corrected chi connectivity index (χ0v) is 10.4. The Labute approximate surface area is 109 Å². The van der Waals surface area contributed by atoms with Gasteiger partial charge in [0.2, 0.25) is 5.28 Å². The predicted molar refractivity (Wildman–Crippen MR) is 67.8 cm³/mol. The highest BCUT2D eigenvalue weighted by molar-refractivity contribution is 6.28. The highest BCUT2D eigenvalue weighted by Crippen LogP contribution is 2.29. The van der Waals surface area contributed by atoms with E-state index < -0.39 is 0 Å². The number of furan rings is 1. The van der Waals surface area contributed by atoms with E-state index in [4.69, 9.17) is 16.0 Å². The van der Waals surface area contributed by atoms with Gasteiger partial charge < -0.3 is 14.1 Å². The third kappa shape index (κ3) is 1.95. The van der Waals surface area contributed by atoms with Crippen molar-refractivity contribution in [3.8, 4) is 0 Å². The van der Waals surface area contributed by atoms with E-state index >= 15 is 0 Å². The molecule has 0 atom stereocenters. The lowest BCUT2D eigenvalue weighted by atomic mass is 9.99. The van der Waals surface area contributed by atoms with Crippen LogP contribution in [0.3, 0.4) is 0 Å². The van der Waals surface area contributed by atoms with Crippen molar-refractivity contribution >= 4 is 34.8 Å². The summed E-state index contributed by atoms with van der Waals surface area (Å²) in [7, 11) is 0. The van der Waals surface area contributed by atoms with E-state index in [1.54, 1.807) is 12.3 Å². The summed E-state index contributed by atoms with van der Waals surface area (Å²) in [5.74, 6) is 0.880. The Kier molecular flexibility index (Phi) is 2.91. The van der Waals surface area contributed by atoms with Gasteiger partial charge in [-0.3, -0.25) is 0 Å². The second kappa shape index (κ2) is 4.57. The number of hydrogen-bond acceptors (Lipinski definition) is 5. The maximum Gasteiger partial charge on any atom is 0.225 e. The predicted octanol–water partition coefficient (Wildman–Crippen LogP) is 2.29. The molecule has 18 heavy (non-hydrogen) atoms. The second-order valence-corrected chi connectivity index (χ2v) is 4.75. The van der Waals surface area contributed by atoms with Crippen molar-refractivity contribution in [2.45, 2.75) is 12.8 Å². The molecule has 0 N–H and O–H groups in total. The van der Waals surface area contributed by atoms with E-state index in [-0.39, 0.29) is 11.2 Å². The standard InChI is InChI=1S/C12H12ClN3O2/c13-12-14-9-3-6-18-10(9)11(15-12)16-4-1-8(7-17)2-5-16/h3,6-8H,1-2,4-5H2. The van der Waals surface area contributed by atoms with Crippen LogP contribution in [0.2, 0.25) is 5.28 Å². The number of halogens is 1. The maximum absolute atomic E-state index is 10.7. The van der Waals surface area contributed by atoms with Crippen molar-refractivity contribution in [1.82, 2.24) is 9.97 Å². The molecule has 0 amide bonds. The molecule has 1 aliphatic heterocycles. The summed E-state index contributed by atoms with van der Waals surface area (Å²) in [4.78, 5) is 21.2. The highest BCUT2D eigenvalue weighted by atomic mass is 35.5. The zero-order chi connectivity index (χ0) is 12.5. The van der Waals surface area contributed by atoms with Crippen LogP contribution in [-0.2, 0) is 4.79 Å². The molecule has 2 aromatic heterocycles. The number of hydrogen-bond donors (Lipinski definition) is 0. The first-order valence-corrected chi connectivity index (χ1v) is 6.26. The molecule has 0 aromatic carbocycles. The first kappa shape index (κ1) is 11.5. The smallest absolute Gasteiger partial charge is 0.225 e. The first-order valence-electron chi connectivity index (χ1n) is 5.89. The largest absolute Gasteiger partial charge is 0.459 e. The summed E-state index contributed by atoms with van der Waals surface area (Å²) in [5, 5.41) is 0.219. The van der Waals surface area contributed by atoms with Crippen LogP contribution in [0.15, 0.2) is 16.7 Å². The molecule has 5 nitrogen and oxygen atoms in total. The number of aromatic nitrogens is 2. The van der Waals surface area contributed by atoms with Gasteiger partial charge in [0.15, 0.2) is 11.4 Å². The molecule has 94 valence electrons. The van der Waals surface area contributed by atoms with Gasteiger partial charge in [0.05, 0.1) is 6.26 Å². The average molecular weight is 266 g/mol. The molecule has 0 radical (unpaired) electrons. The van der Waals surface area contributed by atoms with Crippen molar-refractivity contribution in [2.24, 2.45) is 5.92 Å². The minimum atomic E-state index is 0.158. The number of rotatable bonds is 2. The summed E-state index contributed by atoms with van der Waals surface area (Å²) in [6.45, 7) is 1.57. The molecule has 3 rings (SSSR count). The number of nitrogens with zero attached hydrogens (tertiary/aromatic N) is 3. The van der Waals surface area contributed by atoms with Crippen molar-refractivity contribution in [3.63, 3.8) is 0 Å². The van der Waals surface area contributed by atoms with E-state index in [9.17, 15) is 4.79 Å². The number of aldehydes is 1. The molecule has 2 aromatic rings. The van der Waals surface area contributed by atoms with Crippen molar-refractivity contribution in [2.75, 3.05) is 18.0 Å². The Morgan fingerprint density at radius 2 is 2.17 bits per heavy atom. The third-order valence-corrected chi connectivity index (χ3v) is 3.46. The number of carbonyl (C=O) groups is 1. The summed E-state index contributed by atoms with van der Waals surface area (Å²) < 4.78 is 5.42. The van der Waals surface area contributed by atoms with Gasteiger partial charge >= 0.3 is 0 Å². The number of carbonyl (C=O) groups excluding carboxylic acids is 1. The molecule has 1 fully saturated rings. The lowest BCUT2D eigenvalue weighted by molar-refractivity contribution is -0.111. The normalized spacial score (nSPS) is 17.3. The minimum absolute atomic E-state index is 0.158. The van der Waals surface area contributed by atoms with Gasteiger partial charge in [0.25, 0.3) is 0 Å². The average Bonchev–Trinajstić information content (AvgIpc) is 2.86. The molecule has 3 heterocycles. The Balaban J connectivity index is 1.94. The molecule has 0 saturated carbocycles. The van der Waals surface area contributed by atoms with Crippen LogP contribution in [0.4, 0.5) is 5.82 Å². The van der Waals surface area contributed by atoms with E-state index in [1.165, 1.54) is 0 Å². The lowest BCUT2D eigenvalue weighted by Gasteiger charge is -2.30. The molecule has 6 heteroatoms. The van der Waals surface area contributed by atoms with E-state index in [1.807, 2.05) is 0 Å². The van der Waals surface area contributed by atoms with Gasteiger partial charge in [-0.05, 0) is 24.4 Å². The van der Waals surface area contributed by atoms with Gasteiger partial charge in [-0.15, -0.1) is 0 Å². The zero-order valence-electron chi connectivity index (χ0n) is 9.67. The van der Waals surface area contributed by atoms with Crippen LogP contribution >= 0.6 is 11.6 Å². The van der Waals surface area contributed by atoms with E-state index in [2.05, 4.69) is 14.9 Å². The maximum atomic E-state index is 10.7. The van der Waals surface area contributed by atoms with Crippen LogP contribution < -0.4 is 4.90 Å². The summed E-state index contributed by atoms with van der Waals surface area (Å²) in [5.41, 5.74) is 1.37. The van der Waals surface area contributed by atoms with Crippen LogP contribution in [-0.4, -0.2) is 29.3 Å². The van der Waals surface area contributed by atoms with Gasteiger partial charge in [0.1, 0.15) is 11.8 Å². The van der Waals surface area contributed by atoms with E-state index in [0.717, 1.165) is 38.0 Å². The number of piperidine rings is 1. The third-order valence-electron chi connectivity index (χ3n) is 3.29. The topological polar surface area (TPSA) is 59.2 Å². The Bertz CT molecular complexity index is 576. The quantitative estimate of drug-likeness (QED) is 0.616. The van der Waals surface area contributed by atoms with Crippen LogP contribution in [0.1, 0.15) is 12.8 Å². The van der Waals surface area contributed by atoms with Crippen molar-refractivity contribution in [3.05, 3.63) is 17.6 Å². The highest BCUT2D eigenvalue weighted by Gasteiger charge is 2.23. The lowest BCUT2D eigenvalue weighted by Crippen LogP contribution is -2.34. The van der Waals surface area contributed by atoms with Crippen LogP contribution in [0, 0.1) is 5.92 Å². The summed E-state index contributed by atoms with van der Waals surface area (Å²) in [6.07, 6.45) is 4.30. The van der Waals surface area contributed by atoms with E-state index in [0.29, 0.717) is 11.1 Å². The number of anilines is 1. The van der Waals surface area contributed by atoms with Gasteiger partial charge in [0, 0.05) is 25.1 Å². The Morgan fingerprint density at radius 1 is 1.39 bits per heavy atom. The summed E-state index contributed by atoms with van der Waals surface area (Å²) >= 11 is 5.91. The minimum Gasteiger partial charge on any atom is -0.459 e. The molecular formula is C12H12ClN3O2. The first-order chi connectivity index (χ1) is 8.78. The molecule has 0 spiro atoms. The van der Waals surface area contributed by atoms with Crippen LogP contribution in [0.5, 0.6) is 0 Å². The second-order valence-electron chi connectivity index (χ2n) is 4.41. The fraction of sp³-hybridized carbons (Fsp3) is 0.417. The number of fused-ring (bicyclic) bond motifs is 1. The SMILES string of the molecule is O=CC1CCN(c2nc(Cl)nc3ccoc23)CC1. The molecule has 0 unspecified atom stereocenters. The molecule has 0 bridgehead atoms. The molecule has 1 aliphatic rings. The van der Waals surface area contributed by atoms with Crippen LogP contribution in [0.25, 0.3) is 11.1 Å². The Morgan fingerprint density at radius 3 is 2.89 bits per heavy atom. The van der Waals surface area contributed by atoms with Gasteiger partial charge in [-0.25, -0.2) is 4.98 Å².